The molecule has 1 aliphatic heterocycles. The molecule has 30 heavy (non-hydrogen) atoms. The van der Waals surface area contributed by atoms with Gasteiger partial charge in [-0.05, 0) is 43.0 Å². The Morgan fingerprint density at radius 2 is 1.80 bits per heavy atom. The summed E-state index contributed by atoms with van der Waals surface area (Å²) >= 11 is 0. The maximum atomic E-state index is 13.6. The van der Waals surface area contributed by atoms with E-state index in [1.54, 1.807) is 31.1 Å². The highest BCUT2D eigenvalue weighted by molar-refractivity contribution is 5.96. The van der Waals surface area contributed by atoms with Crippen molar-refractivity contribution in [3.63, 3.8) is 0 Å². The summed E-state index contributed by atoms with van der Waals surface area (Å²) in [5.41, 5.74) is 1.17. The Morgan fingerprint density at radius 3 is 2.40 bits per heavy atom. The molecule has 1 saturated heterocycles. The van der Waals surface area contributed by atoms with Crippen molar-refractivity contribution in [1.29, 1.82) is 0 Å². The van der Waals surface area contributed by atoms with Gasteiger partial charge in [-0.3, -0.25) is 14.4 Å². The van der Waals surface area contributed by atoms with Crippen molar-refractivity contribution < 1.29 is 14.4 Å². The first-order valence-electron chi connectivity index (χ1n) is 10.1. The summed E-state index contributed by atoms with van der Waals surface area (Å²) in [6.07, 6.45) is 2.69. The third-order valence-corrected chi connectivity index (χ3v) is 5.71. The molecule has 3 rings (SSSR count). The van der Waals surface area contributed by atoms with Gasteiger partial charge in [-0.2, -0.15) is 0 Å². The number of aryl methyl sites for hydroxylation is 1. The first-order valence-corrected chi connectivity index (χ1v) is 10.1. The maximum Gasteiger partial charge on any atom is 0.245 e. The first kappa shape index (κ1) is 21.5. The maximum absolute atomic E-state index is 13.6. The van der Waals surface area contributed by atoms with E-state index >= 15 is 0 Å². The van der Waals surface area contributed by atoms with E-state index in [1.807, 2.05) is 43.3 Å². The van der Waals surface area contributed by atoms with Crippen LogP contribution < -0.4 is 5.32 Å². The molecule has 0 unspecified atom stereocenters. The zero-order valence-electron chi connectivity index (χ0n) is 17.7. The lowest BCUT2D eigenvalue weighted by Crippen LogP contribution is -2.53. The SMILES string of the molecule is CC(=O)N1CCC(C(=O)N(C)CC(=O)Nc2cc(C)ccn2)(c2ccccc2)CC1. The van der Waals surface area contributed by atoms with Gasteiger partial charge in [-0.25, -0.2) is 4.98 Å². The molecular formula is C23H28N4O3. The average molecular weight is 409 g/mol. The second-order valence-corrected chi connectivity index (χ2v) is 7.88. The van der Waals surface area contributed by atoms with Crippen LogP contribution in [0.4, 0.5) is 5.82 Å². The number of hydrogen-bond acceptors (Lipinski definition) is 4. The molecule has 0 aliphatic carbocycles. The third-order valence-electron chi connectivity index (χ3n) is 5.71. The summed E-state index contributed by atoms with van der Waals surface area (Å²) in [6, 6.07) is 13.3. The van der Waals surface area contributed by atoms with Crippen molar-refractivity contribution in [2.45, 2.75) is 32.1 Å². The summed E-state index contributed by atoms with van der Waals surface area (Å²) in [4.78, 5) is 45.2. The summed E-state index contributed by atoms with van der Waals surface area (Å²) in [5, 5.41) is 2.75. The normalized spacial score (nSPS) is 15.4. The lowest BCUT2D eigenvalue weighted by Gasteiger charge is -2.42. The predicted octanol–water partition coefficient (Wildman–Crippen LogP) is 2.37. The second-order valence-electron chi connectivity index (χ2n) is 7.88. The van der Waals surface area contributed by atoms with Gasteiger partial charge >= 0.3 is 0 Å². The molecule has 3 amide bonds. The van der Waals surface area contributed by atoms with E-state index in [1.165, 1.54) is 4.90 Å². The molecule has 1 fully saturated rings. The summed E-state index contributed by atoms with van der Waals surface area (Å²) in [7, 11) is 1.65. The fourth-order valence-corrected chi connectivity index (χ4v) is 4.03. The van der Waals surface area contributed by atoms with E-state index in [0.717, 1.165) is 11.1 Å². The van der Waals surface area contributed by atoms with Crippen LogP contribution in [-0.2, 0) is 19.8 Å². The van der Waals surface area contributed by atoms with Crippen molar-refractivity contribution in [3.05, 3.63) is 59.8 Å². The number of carbonyl (C=O) groups is 3. The van der Waals surface area contributed by atoms with Gasteiger partial charge in [0.15, 0.2) is 0 Å². The van der Waals surface area contributed by atoms with Gasteiger partial charge in [-0.1, -0.05) is 30.3 Å². The molecule has 0 saturated carbocycles. The van der Waals surface area contributed by atoms with Crippen LogP contribution in [0.2, 0.25) is 0 Å². The molecule has 1 N–H and O–H groups in total. The molecule has 7 heteroatoms. The quantitative estimate of drug-likeness (QED) is 0.823. The molecule has 7 nitrogen and oxygen atoms in total. The van der Waals surface area contributed by atoms with E-state index < -0.39 is 5.41 Å². The lowest BCUT2D eigenvalue weighted by molar-refractivity contribution is -0.142. The van der Waals surface area contributed by atoms with Crippen LogP contribution in [0.25, 0.3) is 0 Å². The number of anilines is 1. The van der Waals surface area contributed by atoms with Crippen molar-refractivity contribution >= 4 is 23.5 Å². The minimum absolute atomic E-state index is 0.0162. The van der Waals surface area contributed by atoms with E-state index in [-0.39, 0.29) is 24.3 Å². The number of nitrogens with zero attached hydrogens (tertiary/aromatic N) is 3. The van der Waals surface area contributed by atoms with Gasteiger partial charge in [0.2, 0.25) is 17.7 Å². The van der Waals surface area contributed by atoms with Crippen LogP contribution in [0, 0.1) is 6.92 Å². The standard InChI is InChI=1S/C23H28N4O3/c1-17-9-12-24-20(15-17)25-21(29)16-26(3)22(30)23(19-7-5-4-6-8-19)10-13-27(14-11-23)18(2)28/h4-9,12,15H,10-11,13-14,16H2,1-3H3,(H,24,25,29). The van der Waals surface area contributed by atoms with Crippen LogP contribution in [0.5, 0.6) is 0 Å². The molecule has 0 atom stereocenters. The van der Waals surface area contributed by atoms with Gasteiger partial charge in [0.25, 0.3) is 0 Å². The molecule has 1 aliphatic rings. The van der Waals surface area contributed by atoms with Crippen LogP contribution in [0.3, 0.4) is 0 Å². The number of pyridine rings is 1. The van der Waals surface area contributed by atoms with Crippen molar-refractivity contribution in [2.75, 3.05) is 32.0 Å². The fraction of sp³-hybridized carbons (Fsp3) is 0.391. The molecule has 158 valence electrons. The monoisotopic (exact) mass is 408 g/mol. The molecule has 2 aromatic rings. The van der Waals surface area contributed by atoms with Crippen molar-refractivity contribution in [2.24, 2.45) is 0 Å². The minimum Gasteiger partial charge on any atom is -0.343 e. The van der Waals surface area contributed by atoms with Gasteiger partial charge in [0.1, 0.15) is 5.82 Å². The lowest BCUT2D eigenvalue weighted by atomic mass is 9.71. The van der Waals surface area contributed by atoms with Crippen LogP contribution in [0.1, 0.15) is 30.9 Å². The molecule has 0 bridgehead atoms. The fourth-order valence-electron chi connectivity index (χ4n) is 4.03. The largest absolute Gasteiger partial charge is 0.343 e. The van der Waals surface area contributed by atoms with E-state index in [2.05, 4.69) is 10.3 Å². The van der Waals surface area contributed by atoms with E-state index in [4.69, 9.17) is 0 Å². The van der Waals surface area contributed by atoms with E-state index in [9.17, 15) is 14.4 Å². The highest BCUT2D eigenvalue weighted by atomic mass is 16.2. The average Bonchev–Trinajstić information content (AvgIpc) is 2.73. The number of piperidine rings is 1. The Kier molecular flexibility index (Phi) is 6.50. The van der Waals surface area contributed by atoms with Crippen LogP contribution in [0.15, 0.2) is 48.7 Å². The molecular weight excluding hydrogens is 380 g/mol. The zero-order chi connectivity index (χ0) is 21.7. The molecule has 2 heterocycles. The minimum atomic E-state index is -0.746. The molecule has 0 spiro atoms. The topological polar surface area (TPSA) is 82.6 Å². The zero-order valence-corrected chi connectivity index (χ0v) is 17.7. The van der Waals surface area contributed by atoms with Gasteiger partial charge in [0, 0.05) is 33.3 Å². The van der Waals surface area contributed by atoms with Crippen molar-refractivity contribution in [1.82, 2.24) is 14.8 Å². The Labute approximate surface area is 177 Å². The Morgan fingerprint density at radius 1 is 1.13 bits per heavy atom. The summed E-state index contributed by atoms with van der Waals surface area (Å²) in [5.74, 6) is 0.0773. The summed E-state index contributed by atoms with van der Waals surface area (Å²) in [6.45, 7) is 4.43. The Balaban J connectivity index is 1.76. The highest BCUT2D eigenvalue weighted by Crippen LogP contribution is 2.37. The molecule has 1 aromatic carbocycles. The Bertz CT molecular complexity index is 921. The summed E-state index contributed by atoms with van der Waals surface area (Å²) < 4.78 is 0. The number of amides is 3. The number of likely N-dealkylation sites (tertiary alicyclic amines) is 1. The van der Waals surface area contributed by atoms with Gasteiger partial charge in [-0.15, -0.1) is 0 Å². The number of rotatable bonds is 5. The number of nitrogens with one attached hydrogen (secondary N) is 1. The van der Waals surface area contributed by atoms with Crippen LogP contribution >= 0.6 is 0 Å². The van der Waals surface area contributed by atoms with Crippen molar-refractivity contribution in [3.8, 4) is 0 Å². The first-order chi connectivity index (χ1) is 14.3. The number of hydrogen-bond donors (Lipinski definition) is 1. The highest BCUT2D eigenvalue weighted by Gasteiger charge is 2.45. The van der Waals surface area contributed by atoms with Gasteiger partial charge < -0.3 is 15.1 Å². The Hall–Kier alpha value is -3.22. The number of carbonyl (C=O) groups excluding carboxylic acids is 3. The number of likely N-dealkylation sites (N-methyl/N-ethyl adjacent to an activating group) is 1. The number of aromatic nitrogens is 1. The third kappa shape index (κ3) is 4.67. The van der Waals surface area contributed by atoms with Gasteiger partial charge in [0.05, 0.1) is 12.0 Å². The second kappa shape index (κ2) is 9.07. The predicted molar refractivity (Wildman–Crippen MR) is 115 cm³/mol. The number of benzene rings is 1. The van der Waals surface area contributed by atoms with Crippen LogP contribution in [-0.4, -0.2) is 59.2 Å². The smallest absolute Gasteiger partial charge is 0.245 e. The van der Waals surface area contributed by atoms with E-state index in [0.29, 0.717) is 31.7 Å². The molecule has 1 aromatic heterocycles. The molecule has 0 radical (unpaired) electrons.